The van der Waals surface area contributed by atoms with Crippen LogP contribution in [0.1, 0.15) is 35.7 Å². The van der Waals surface area contributed by atoms with Crippen molar-refractivity contribution in [2.24, 2.45) is 0 Å². The number of aliphatic carboxylic acids is 1. The van der Waals surface area contributed by atoms with E-state index >= 15 is 0 Å². The summed E-state index contributed by atoms with van der Waals surface area (Å²) in [7, 11) is 0. The molecule has 148 valence electrons. The molecule has 0 aliphatic carbocycles. The topological polar surface area (TPSA) is 62.7 Å². The molecule has 0 amide bonds. The van der Waals surface area contributed by atoms with Crippen molar-refractivity contribution >= 4 is 5.97 Å². The van der Waals surface area contributed by atoms with Gasteiger partial charge in [0.15, 0.2) is 0 Å². The molecule has 4 rings (SSSR count). The van der Waals surface area contributed by atoms with E-state index in [0.29, 0.717) is 13.0 Å². The fourth-order valence-electron chi connectivity index (χ4n) is 3.92. The molecule has 0 spiro atoms. The number of rotatable bonds is 7. The molecule has 5 nitrogen and oxygen atoms in total. The molecule has 1 aromatic heterocycles. The largest absolute Gasteiger partial charge is 0.489 e. The van der Waals surface area contributed by atoms with E-state index in [1.54, 1.807) is 6.20 Å². The first-order chi connectivity index (χ1) is 14.2. The zero-order chi connectivity index (χ0) is 20.1. The summed E-state index contributed by atoms with van der Waals surface area (Å²) in [4.78, 5) is 18.3. The van der Waals surface area contributed by atoms with Crippen molar-refractivity contribution in [2.75, 3.05) is 6.54 Å². The van der Waals surface area contributed by atoms with Gasteiger partial charge in [0.1, 0.15) is 18.4 Å². The van der Waals surface area contributed by atoms with E-state index in [0.717, 1.165) is 35.5 Å². The summed E-state index contributed by atoms with van der Waals surface area (Å²) in [5, 5.41) is 9.67. The maximum absolute atomic E-state index is 11.8. The molecule has 1 aliphatic rings. The van der Waals surface area contributed by atoms with Gasteiger partial charge >= 0.3 is 5.97 Å². The minimum Gasteiger partial charge on any atom is -0.489 e. The van der Waals surface area contributed by atoms with E-state index in [2.05, 4.69) is 4.98 Å². The number of ether oxygens (including phenoxy) is 1. The number of hydrogen-bond acceptors (Lipinski definition) is 4. The molecule has 1 fully saturated rings. The Labute approximate surface area is 170 Å². The first kappa shape index (κ1) is 19.2. The Morgan fingerprint density at radius 2 is 1.83 bits per heavy atom. The van der Waals surface area contributed by atoms with Crippen molar-refractivity contribution in [1.82, 2.24) is 9.88 Å². The highest BCUT2D eigenvalue weighted by Crippen LogP contribution is 2.34. The monoisotopic (exact) mass is 388 g/mol. The van der Waals surface area contributed by atoms with Gasteiger partial charge < -0.3 is 9.84 Å². The zero-order valence-electron chi connectivity index (χ0n) is 16.1. The quantitative estimate of drug-likeness (QED) is 0.654. The van der Waals surface area contributed by atoms with Gasteiger partial charge in [-0.3, -0.25) is 14.7 Å². The smallest absolute Gasteiger partial charge is 0.320 e. The van der Waals surface area contributed by atoms with Gasteiger partial charge in [-0.25, -0.2) is 0 Å². The van der Waals surface area contributed by atoms with Gasteiger partial charge in [-0.15, -0.1) is 0 Å². The number of carboxylic acid groups (broad SMARTS) is 1. The van der Waals surface area contributed by atoms with Gasteiger partial charge in [0.25, 0.3) is 0 Å². The molecule has 2 heterocycles. The highest BCUT2D eigenvalue weighted by Gasteiger charge is 2.37. The Bertz CT molecular complexity index is 929. The van der Waals surface area contributed by atoms with Crippen molar-refractivity contribution < 1.29 is 14.6 Å². The average molecular weight is 388 g/mol. The molecule has 2 atom stereocenters. The summed E-state index contributed by atoms with van der Waals surface area (Å²) in [6.07, 6.45) is 3.29. The molecule has 0 saturated carbocycles. The maximum atomic E-state index is 11.8. The van der Waals surface area contributed by atoms with Crippen LogP contribution in [0.3, 0.4) is 0 Å². The summed E-state index contributed by atoms with van der Waals surface area (Å²) in [5.41, 5.74) is 2.99. The number of pyridine rings is 1. The van der Waals surface area contributed by atoms with Crippen LogP contribution >= 0.6 is 0 Å². The predicted molar refractivity (Wildman–Crippen MR) is 111 cm³/mol. The Morgan fingerprint density at radius 1 is 1.07 bits per heavy atom. The molecular weight excluding hydrogens is 364 g/mol. The van der Waals surface area contributed by atoms with Crippen molar-refractivity contribution in [3.63, 3.8) is 0 Å². The van der Waals surface area contributed by atoms with Crippen molar-refractivity contribution in [3.8, 4) is 5.75 Å². The molecular formula is C24H24N2O3. The fraction of sp³-hybridized carbons (Fsp3) is 0.250. The maximum Gasteiger partial charge on any atom is 0.320 e. The molecule has 1 N–H and O–H groups in total. The van der Waals surface area contributed by atoms with Crippen LogP contribution in [0.15, 0.2) is 79.0 Å². The molecule has 2 aromatic carbocycles. The van der Waals surface area contributed by atoms with Crippen LogP contribution in [-0.2, 0) is 11.4 Å². The number of carboxylic acids is 1. The number of hydrogen-bond donors (Lipinski definition) is 1. The third kappa shape index (κ3) is 4.46. The second kappa shape index (κ2) is 8.88. The van der Waals surface area contributed by atoms with Gasteiger partial charge in [0.2, 0.25) is 0 Å². The van der Waals surface area contributed by atoms with E-state index in [9.17, 15) is 9.90 Å². The van der Waals surface area contributed by atoms with E-state index < -0.39 is 12.0 Å². The van der Waals surface area contributed by atoms with Crippen molar-refractivity contribution in [2.45, 2.75) is 31.5 Å². The number of nitrogens with zero attached hydrogens (tertiary/aromatic N) is 2. The third-order valence-corrected chi connectivity index (χ3v) is 5.32. The first-order valence-electron chi connectivity index (χ1n) is 9.88. The van der Waals surface area contributed by atoms with E-state index in [1.165, 1.54) is 0 Å². The molecule has 1 aliphatic heterocycles. The van der Waals surface area contributed by atoms with Crippen molar-refractivity contribution in [1.29, 1.82) is 0 Å². The minimum atomic E-state index is -0.772. The molecule has 1 saturated heterocycles. The van der Waals surface area contributed by atoms with Crippen LogP contribution in [0.5, 0.6) is 5.75 Å². The highest BCUT2D eigenvalue weighted by atomic mass is 16.5. The zero-order valence-corrected chi connectivity index (χ0v) is 16.1. The number of aromatic nitrogens is 1. The lowest BCUT2D eigenvalue weighted by Gasteiger charge is -2.31. The number of benzene rings is 2. The SMILES string of the molecule is O=C(O)C1CCCN1C(c1ccc(OCc2ccccc2)cc1)c1ccccn1. The lowest BCUT2D eigenvalue weighted by Crippen LogP contribution is -2.39. The molecule has 3 aromatic rings. The summed E-state index contributed by atoms with van der Waals surface area (Å²) < 4.78 is 5.89. The second-order valence-corrected chi connectivity index (χ2v) is 7.23. The minimum absolute atomic E-state index is 0.192. The Hall–Kier alpha value is -3.18. The van der Waals surface area contributed by atoms with E-state index in [-0.39, 0.29) is 6.04 Å². The highest BCUT2D eigenvalue weighted by molar-refractivity contribution is 5.74. The number of likely N-dealkylation sites (tertiary alicyclic amines) is 1. The van der Waals surface area contributed by atoms with E-state index in [4.69, 9.17) is 4.74 Å². The molecule has 29 heavy (non-hydrogen) atoms. The molecule has 0 radical (unpaired) electrons. The van der Waals surface area contributed by atoms with Gasteiger partial charge in [-0.05, 0) is 48.2 Å². The van der Waals surface area contributed by atoms with Crippen LogP contribution < -0.4 is 4.74 Å². The molecule has 2 unspecified atom stereocenters. The van der Waals surface area contributed by atoms with Crippen LogP contribution in [-0.4, -0.2) is 33.5 Å². The summed E-state index contributed by atoms with van der Waals surface area (Å²) in [6, 6.07) is 23.0. The predicted octanol–water partition coefficient (Wildman–Crippen LogP) is 4.30. The lowest BCUT2D eigenvalue weighted by atomic mass is 10.00. The normalized spacial score (nSPS) is 17.7. The van der Waals surface area contributed by atoms with Gasteiger partial charge in [-0.2, -0.15) is 0 Å². The molecule has 5 heteroatoms. The lowest BCUT2D eigenvalue weighted by molar-refractivity contribution is -0.142. The van der Waals surface area contributed by atoms with Crippen LogP contribution in [0.2, 0.25) is 0 Å². The number of carbonyl (C=O) groups is 1. The van der Waals surface area contributed by atoms with Crippen molar-refractivity contribution in [3.05, 3.63) is 95.8 Å². The summed E-state index contributed by atoms with van der Waals surface area (Å²) >= 11 is 0. The van der Waals surface area contributed by atoms with E-state index in [1.807, 2.05) is 77.7 Å². The second-order valence-electron chi connectivity index (χ2n) is 7.23. The Kier molecular flexibility index (Phi) is 5.86. The fourth-order valence-corrected chi connectivity index (χ4v) is 3.92. The van der Waals surface area contributed by atoms with Gasteiger partial charge in [0, 0.05) is 12.7 Å². The van der Waals surface area contributed by atoms with Gasteiger partial charge in [0.05, 0.1) is 11.7 Å². The average Bonchev–Trinajstić information content (AvgIpc) is 3.25. The first-order valence-corrected chi connectivity index (χ1v) is 9.88. The Morgan fingerprint density at radius 3 is 2.52 bits per heavy atom. The van der Waals surface area contributed by atoms with Crippen LogP contribution in [0.4, 0.5) is 0 Å². The Balaban J connectivity index is 1.57. The molecule has 0 bridgehead atoms. The van der Waals surface area contributed by atoms with Crippen LogP contribution in [0.25, 0.3) is 0 Å². The summed E-state index contributed by atoms with van der Waals surface area (Å²) in [5.74, 6) is 0.0137. The van der Waals surface area contributed by atoms with Gasteiger partial charge in [-0.1, -0.05) is 48.5 Å². The summed E-state index contributed by atoms with van der Waals surface area (Å²) in [6.45, 7) is 1.25. The third-order valence-electron chi connectivity index (χ3n) is 5.32. The van der Waals surface area contributed by atoms with Crippen LogP contribution in [0, 0.1) is 0 Å². The standard InChI is InChI=1S/C24H24N2O3/c27-24(28)22-10-6-16-26(22)23(21-9-4-5-15-25-21)19-11-13-20(14-12-19)29-17-18-7-2-1-3-8-18/h1-5,7-9,11-15,22-23H,6,10,16-17H2,(H,27,28).